The Kier molecular flexibility index (Phi) is 6.37. The van der Waals surface area contributed by atoms with Crippen molar-refractivity contribution in [2.75, 3.05) is 13.2 Å². The summed E-state index contributed by atoms with van der Waals surface area (Å²) in [5.41, 5.74) is 4.55. The fourth-order valence-corrected chi connectivity index (χ4v) is 3.19. The van der Waals surface area contributed by atoms with Crippen LogP contribution in [0.5, 0.6) is 0 Å². The van der Waals surface area contributed by atoms with Gasteiger partial charge in [-0.25, -0.2) is 4.68 Å². The van der Waals surface area contributed by atoms with Crippen LogP contribution in [0.3, 0.4) is 0 Å². The number of rotatable bonds is 8. The molecule has 0 saturated carbocycles. The zero-order chi connectivity index (χ0) is 16.8. The Hall–Kier alpha value is -1.65. The van der Waals surface area contributed by atoms with Crippen LogP contribution >= 0.6 is 0 Å². The van der Waals surface area contributed by atoms with Crippen LogP contribution in [-0.2, 0) is 6.54 Å². The molecule has 0 fully saturated rings. The molecule has 0 bridgehead atoms. The van der Waals surface area contributed by atoms with Crippen molar-refractivity contribution in [2.24, 2.45) is 0 Å². The molecule has 0 unspecified atom stereocenters. The maximum Gasteiger partial charge on any atom is 0.0648 e. The first-order valence-corrected chi connectivity index (χ1v) is 8.56. The van der Waals surface area contributed by atoms with Crippen molar-refractivity contribution < 1.29 is 5.11 Å². The molecular weight excluding hydrogens is 286 g/mol. The molecule has 0 radical (unpaired) electrons. The Morgan fingerprint density at radius 3 is 2.26 bits per heavy atom. The average molecular weight is 315 g/mol. The predicted molar refractivity (Wildman–Crippen MR) is 94.9 cm³/mol. The number of benzene rings is 1. The third kappa shape index (κ3) is 4.43. The highest BCUT2D eigenvalue weighted by atomic mass is 16.3. The van der Waals surface area contributed by atoms with Gasteiger partial charge in [0.05, 0.1) is 18.0 Å². The van der Waals surface area contributed by atoms with Crippen molar-refractivity contribution >= 4 is 0 Å². The minimum atomic E-state index is 0.209. The number of aryl methyl sites for hydroxylation is 2. The minimum absolute atomic E-state index is 0.209. The fraction of sp³-hybridized carbons (Fsp3) is 0.526. The molecule has 0 saturated heterocycles. The number of hydrogen-bond acceptors (Lipinski definition) is 3. The molecule has 2 aromatic rings. The molecule has 0 spiro atoms. The molecule has 0 aliphatic rings. The van der Waals surface area contributed by atoms with Crippen LogP contribution in [0.4, 0.5) is 0 Å². The van der Waals surface area contributed by atoms with E-state index in [9.17, 15) is 5.11 Å². The van der Waals surface area contributed by atoms with Gasteiger partial charge in [0.1, 0.15) is 0 Å². The van der Waals surface area contributed by atoms with E-state index in [1.54, 1.807) is 0 Å². The summed E-state index contributed by atoms with van der Waals surface area (Å²) in [5, 5.41) is 13.9. The number of aliphatic hydroxyl groups is 1. The summed E-state index contributed by atoms with van der Waals surface area (Å²) in [5.74, 6) is 0. The second kappa shape index (κ2) is 8.27. The third-order valence-corrected chi connectivity index (χ3v) is 4.42. The van der Waals surface area contributed by atoms with Gasteiger partial charge >= 0.3 is 0 Å². The number of hydrogen-bond donors (Lipinski definition) is 1. The van der Waals surface area contributed by atoms with E-state index < -0.39 is 0 Å². The van der Waals surface area contributed by atoms with Crippen LogP contribution in [0.1, 0.15) is 43.6 Å². The predicted octanol–water partition coefficient (Wildman–Crippen LogP) is 3.47. The maximum atomic E-state index is 9.33. The molecular formula is C19H29N3O. The van der Waals surface area contributed by atoms with Crippen LogP contribution in [-0.4, -0.2) is 39.0 Å². The quantitative estimate of drug-likeness (QED) is 0.811. The normalized spacial score (nSPS) is 11.6. The van der Waals surface area contributed by atoms with Gasteiger partial charge < -0.3 is 5.11 Å². The Morgan fingerprint density at radius 2 is 1.78 bits per heavy atom. The second-order valence-corrected chi connectivity index (χ2v) is 6.17. The number of nitrogens with zero attached hydrogens (tertiary/aromatic N) is 3. The highest BCUT2D eigenvalue weighted by Crippen LogP contribution is 2.16. The molecule has 0 aliphatic carbocycles. The van der Waals surface area contributed by atoms with Gasteiger partial charge in [-0.15, -0.1) is 0 Å². The van der Waals surface area contributed by atoms with Gasteiger partial charge in [0.2, 0.25) is 0 Å². The summed E-state index contributed by atoms with van der Waals surface area (Å²) in [6, 6.07) is 11.2. The summed E-state index contributed by atoms with van der Waals surface area (Å²) in [7, 11) is 0. The monoisotopic (exact) mass is 315 g/mol. The first-order chi connectivity index (χ1) is 11.1. The fourth-order valence-electron chi connectivity index (χ4n) is 3.19. The first-order valence-electron chi connectivity index (χ1n) is 8.56. The molecule has 23 heavy (non-hydrogen) atoms. The molecule has 1 aromatic heterocycles. The molecule has 0 atom stereocenters. The van der Waals surface area contributed by atoms with Crippen LogP contribution < -0.4 is 0 Å². The molecule has 1 heterocycles. The van der Waals surface area contributed by atoms with E-state index in [1.807, 2.05) is 11.6 Å². The van der Waals surface area contributed by atoms with E-state index in [-0.39, 0.29) is 6.61 Å². The maximum absolute atomic E-state index is 9.33. The molecule has 1 aromatic carbocycles. The zero-order valence-corrected chi connectivity index (χ0v) is 14.8. The molecule has 4 nitrogen and oxygen atoms in total. The van der Waals surface area contributed by atoms with Crippen molar-refractivity contribution in [1.29, 1.82) is 0 Å². The van der Waals surface area contributed by atoms with E-state index in [0.717, 1.165) is 43.0 Å². The van der Waals surface area contributed by atoms with Crippen molar-refractivity contribution in [2.45, 2.75) is 53.1 Å². The summed E-state index contributed by atoms with van der Waals surface area (Å²) < 4.78 is 1.98. The second-order valence-electron chi connectivity index (χ2n) is 6.17. The Balaban J connectivity index is 2.13. The van der Waals surface area contributed by atoms with Gasteiger partial charge in [0, 0.05) is 24.8 Å². The average Bonchev–Trinajstić information content (AvgIpc) is 2.88. The van der Waals surface area contributed by atoms with Gasteiger partial charge in [-0.3, -0.25) is 4.90 Å². The minimum Gasteiger partial charge on any atom is -0.395 e. The molecule has 4 heteroatoms. The largest absolute Gasteiger partial charge is 0.395 e. The summed E-state index contributed by atoms with van der Waals surface area (Å²) >= 11 is 0. The van der Waals surface area contributed by atoms with Crippen LogP contribution in [0.2, 0.25) is 0 Å². The lowest BCUT2D eigenvalue weighted by molar-refractivity contribution is 0.136. The van der Waals surface area contributed by atoms with Crippen molar-refractivity contribution in [3.63, 3.8) is 0 Å². The van der Waals surface area contributed by atoms with Crippen LogP contribution in [0, 0.1) is 13.8 Å². The Labute approximate surface area is 139 Å². The highest BCUT2D eigenvalue weighted by Gasteiger charge is 2.15. The van der Waals surface area contributed by atoms with Gasteiger partial charge in [0.25, 0.3) is 0 Å². The zero-order valence-electron chi connectivity index (χ0n) is 14.8. The molecule has 1 N–H and O–H groups in total. The van der Waals surface area contributed by atoms with E-state index in [4.69, 9.17) is 0 Å². The van der Waals surface area contributed by atoms with Gasteiger partial charge in [0.15, 0.2) is 0 Å². The van der Waals surface area contributed by atoms with Crippen LogP contribution in [0.15, 0.2) is 30.3 Å². The molecule has 2 rings (SSSR count). The summed E-state index contributed by atoms with van der Waals surface area (Å²) in [6.45, 7) is 10.3. The summed E-state index contributed by atoms with van der Waals surface area (Å²) in [4.78, 5) is 2.37. The standard InChI is InChI=1S/C19H29N3O/c1-5-18(6-2)21(11-12-23)14-17-7-9-19(10-8-17)22-16(4)13-15(3)20-22/h7-10,13,18,23H,5-6,11-12,14H2,1-4H3. The topological polar surface area (TPSA) is 41.3 Å². The first kappa shape index (κ1) is 17.7. The lowest BCUT2D eigenvalue weighted by Gasteiger charge is -2.29. The lowest BCUT2D eigenvalue weighted by Crippen LogP contribution is -2.36. The van der Waals surface area contributed by atoms with Crippen molar-refractivity contribution in [3.05, 3.63) is 47.3 Å². The van der Waals surface area contributed by atoms with E-state index in [2.05, 4.69) is 61.1 Å². The van der Waals surface area contributed by atoms with Gasteiger partial charge in [-0.2, -0.15) is 5.10 Å². The third-order valence-electron chi connectivity index (χ3n) is 4.42. The Bertz CT molecular complexity index is 600. The molecule has 0 aliphatic heterocycles. The van der Waals surface area contributed by atoms with Gasteiger partial charge in [-0.1, -0.05) is 26.0 Å². The highest BCUT2D eigenvalue weighted by molar-refractivity contribution is 5.36. The molecule has 0 amide bonds. The smallest absolute Gasteiger partial charge is 0.0648 e. The van der Waals surface area contributed by atoms with E-state index in [1.165, 1.54) is 5.56 Å². The van der Waals surface area contributed by atoms with E-state index >= 15 is 0 Å². The Morgan fingerprint density at radius 1 is 1.13 bits per heavy atom. The SMILES string of the molecule is CCC(CC)N(CCO)Cc1ccc(-n2nc(C)cc2C)cc1. The van der Waals surface area contributed by atoms with Crippen molar-refractivity contribution in [3.8, 4) is 5.69 Å². The summed E-state index contributed by atoms with van der Waals surface area (Å²) in [6.07, 6.45) is 2.22. The van der Waals surface area contributed by atoms with Gasteiger partial charge in [-0.05, 0) is 50.5 Å². The van der Waals surface area contributed by atoms with Crippen LogP contribution in [0.25, 0.3) is 5.69 Å². The van der Waals surface area contributed by atoms with Crippen molar-refractivity contribution in [1.82, 2.24) is 14.7 Å². The van der Waals surface area contributed by atoms with E-state index in [0.29, 0.717) is 6.04 Å². The molecule has 126 valence electrons. The number of aromatic nitrogens is 2. The lowest BCUT2D eigenvalue weighted by atomic mass is 10.1. The number of aliphatic hydroxyl groups excluding tert-OH is 1.